The third-order valence-electron chi connectivity index (χ3n) is 3.04. The fourth-order valence-corrected chi connectivity index (χ4v) is 4.01. The number of hydrogen-bond acceptors (Lipinski definition) is 0. The van der Waals surface area contributed by atoms with Crippen molar-refractivity contribution in [2.75, 3.05) is 0 Å². The highest BCUT2D eigenvalue weighted by Gasteiger charge is 2.13. The van der Waals surface area contributed by atoms with Crippen LogP contribution in [-0.2, 0) is 6.42 Å². The second-order valence-corrected chi connectivity index (χ2v) is 7.54. The van der Waals surface area contributed by atoms with Gasteiger partial charge in [-0.3, -0.25) is 0 Å². The SMILES string of the molecule is CCCc1ccc(C(Br)c2cc(I)ccc2Br)cc1. The molecule has 0 nitrogen and oxygen atoms in total. The van der Waals surface area contributed by atoms with Crippen LogP contribution in [0.3, 0.4) is 0 Å². The summed E-state index contributed by atoms with van der Waals surface area (Å²) in [6.45, 7) is 2.21. The molecule has 0 aliphatic heterocycles. The van der Waals surface area contributed by atoms with Crippen LogP contribution in [0.1, 0.15) is 34.9 Å². The van der Waals surface area contributed by atoms with E-state index >= 15 is 0 Å². The van der Waals surface area contributed by atoms with Crippen LogP contribution < -0.4 is 0 Å². The van der Waals surface area contributed by atoms with E-state index in [2.05, 4.69) is 104 Å². The molecule has 0 saturated heterocycles. The molecule has 0 spiro atoms. The Morgan fingerprint density at radius 2 is 1.79 bits per heavy atom. The molecule has 3 heteroatoms. The quantitative estimate of drug-likeness (QED) is 0.337. The zero-order valence-corrected chi connectivity index (χ0v) is 16.0. The predicted molar refractivity (Wildman–Crippen MR) is 98.1 cm³/mol. The van der Waals surface area contributed by atoms with Gasteiger partial charge in [-0.1, -0.05) is 69.5 Å². The Morgan fingerprint density at radius 3 is 2.42 bits per heavy atom. The minimum Gasteiger partial charge on any atom is -0.0786 e. The molecule has 0 saturated carbocycles. The first kappa shape index (κ1) is 15.5. The van der Waals surface area contributed by atoms with Crippen molar-refractivity contribution in [3.8, 4) is 0 Å². The van der Waals surface area contributed by atoms with Crippen molar-refractivity contribution < 1.29 is 0 Å². The molecule has 0 amide bonds. The van der Waals surface area contributed by atoms with Gasteiger partial charge in [0.2, 0.25) is 0 Å². The van der Waals surface area contributed by atoms with Gasteiger partial charge in [0.25, 0.3) is 0 Å². The number of benzene rings is 2. The van der Waals surface area contributed by atoms with Crippen LogP contribution >= 0.6 is 54.5 Å². The van der Waals surface area contributed by atoms with Gasteiger partial charge in [-0.15, -0.1) is 0 Å². The Hall–Kier alpha value is 0.130. The Kier molecular flexibility index (Phi) is 5.90. The van der Waals surface area contributed by atoms with Gasteiger partial charge in [0.15, 0.2) is 0 Å². The van der Waals surface area contributed by atoms with Gasteiger partial charge in [-0.2, -0.15) is 0 Å². The summed E-state index contributed by atoms with van der Waals surface area (Å²) in [7, 11) is 0. The molecule has 0 fully saturated rings. The van der Waals surface area contributed by atoms with E-state index < -0.39 is 0 Å². The summed E-state index contributed by atoms with van der Waals surface area (Å²) in [4.78, 5) is 0.229. The number of rotatable bonds is 4. The first-order valence-electron chi connectivity index (χ1n) is 6.29. The molecule has 2 rings (SSSR count). The van der Waals surface area contributed by atoms with Gasteiger partial charge in [-0.25, -0.2) is 0 Å². The third-order valence-corrected chi connectivity index (χ3v) is 5.46. The molecule has 0 N–H and O–H groups in total. The molecule has 0 aromatic heterocycles. The normalized spacial score (nSPS) is 12.4. The van der Waals surface area contributed by atoms with Crippen LogP contribution in [0.4, 0.5) is 0 Å². The average molecular weight is 494 g/mol. The van der Waals surface area contributed by atoms with E-state index in [-0.39, 0.29) is 4.83 Å². The fourth-order valence-electron chi connectivity index (χ4n) is 2.03. The first-order chi connectivity index (χ1) is 9.11. The molecule has 0 heterocycles. The van der Waals surface area contributed by atoms with Crippen LogP contribution in [0, 0.1) is 3.57 Å². The van der Waals surface area contributed by atoms with Crippen molar-refractivity contribution in [2.24, 2.45) is 0 Å². The number of alkyl halides is 1. The predicted octanol–water partition coefficient (Wildman–Crippen LogP) is 6.49. The monoisotopic (exact) mass is 492 g/mol. The highest BCUT2D eigenvalue weighted by molar-refractivity contribution is 14.1. The van der Waals surface area contributed by atoms with E-state index in [9.17, 15) is 0 Å². The van der Waals surface area contributed by atoms with Crippen LogP contribution in [0.2, 0.25) is 0 Å². The Bertz CT molecular complexity index is 549. The van der Waals surface area contributed by atoms with Gasteiger partial charge in [0.05, 0.1) is 4.83 Å². The van der Waals surface area contributed by atoms with Gasteiger partial charge in [0, 0.05) is 8.04 Å². The fraction of sp³-hybridized carbons (Fsp3) is 0.250. The molecule has 2 aromatic rings. The summed E-state index contributed by atoms with van der Waals surface area (Å²) in [5, 5.41) is 0. The summed E-state index contributed by atoms with van der Waals surface area (Å²) in [5.74, 6) is 0. The van der Waals surface area contributed by atoms with E-state index in [0.29, 0.717) is 0 Å². The molecule has 1 atom stereocenters. The molecular weight excluding hydrogens is 479 g/mol. The molecule has 0 aliphatic carbocycles. The van der Waals surface area contributed by atoms with Crippen molar-refractivity contribution in [3.05, 3.63) is 67.2 Å². The Labute approximate surface area is 145 Å². The zero-order valence-electron chi connectivity index (χ0n) is 10.7. The zero-order chi connectivity index (χ0) is 13.8. The average Bonchev–Trinajstić information content (AvgIpc) is 2.42. The summed E-state index contributed by atoms with van der Waals surface area (Å²) in [6, 6.07) is 15.3. The van der Waals surface area contributed by atoms with Crippen molar-refractivity contribution in [3.63, 3.8) is 0 Å². The van der Waals surface area contributed by atoms with E-state index in [1.165, 1.54) is 26.7 Å². The summed E-state index contributed by atoms with van der Waals surface area (Å²) in [5.41, 5.74) is 3.98. The van der Waals surface area contributed by atoms with Crippen LogP contribution in [0.25, 0.3) is 0 Å². The molecule has 0 bridgehead atoms. The van der Waals surface area contributed by atoms with Crippen molar-refractivity contribution >= 4 is 54.5 Å². The first-order valence-corrected chi connectivity index (χ1v) is 9.08. The number of hydrogen-bond donors (Lipinski definition) is 0. The van der Waals surface area contributed by atoms with Crippen molar-refractivity contribution in [2.45, 2.75) is 24.6 Å². The van der Waals surface area contributed by atoms with Gasteiger partial charge in [-0.05, 0) is 63.9 Å². The lowest BCUT2D eigenvalue weighted by Crippen LogP contribution is -1.95. The minimum atomic E-state index is 0.229. The lowest BCUT2D eigenvalue weighted by Gasteiger charge is -2.14. The summed E-state index contributed by atoms with van der Waals surface area (Å²) in [6.07, 6.45) is 2.35. The van der Waals surface area contributed by atoms with Crippen LogP contribution in [0.15, 0.2) is 46.9 Å². The number of halogens is 3. The molecule has 1 unspecified atom stereocenters. The van der Waals surface area contributed by atoms with Crippen LogP contribution in [0.5, 0.6) is 0 Å². The second kappa shape index (κ2) is 7.23. The van der Waals surface area contributed by atoms with Crippen molar-refractivity contribution in [1.29, 1.82) is 0 Å². The molecule has 0 aliphatic rings. The maximum Gasteiger partial charge on any atom is 0.0655 e. The highest BCUT2D eigenvalue weighted by atomic mass is 127. The van der Waals surface area contributed by atoms with Gasteiger partial charge in [0.1, 0.15) is 0 Å². The molecule has 100 valence electrons. The Morgan fingerprint density at radius 1 is 1.11 bits per heavy atom. The summed E-state index contributed by atoms with van der Waals surface area (Å²) < 4.78 is 2.40. The van der Waals surface area contributed by atoms with E-state index in [1.54, 1.807) is 0 Å². The maximum absolute atomic E-state index is 3.81. The summed E-state index contributed by atoms with van der Waals surface area (Å²) >= 11 is 9.79. The van der Waals surface area contributed by atoms with Gasteiger partial charge < -0.3 is 0 Å². The van der Waals surface area contributed by atoms with E-state index in [4.69, 9.17) is 0 Å². The standard InChI is InChI=1S/C16H15Br2I/c1-2-3-11-4-6-12(7-5-11)16(18)14-10-13(19)8-9-15(14)17/h4-10,16H,2-3H2,1H3. The largest absolute Gasteiger partial charge is 0.0786 e. The second-order valence-electron chi connectivity index (χ2n) is 4.52. The molecular formula is C16H15Br2I. The molecule has 19 heavy (non-hydrogen) atoms. The molecule has 2 aromatic carbocycles. The van der Waals surface area contributed by atoms with E-state index in [1.807, 2.05) is 0 Å². The van der Waals surface area contributed by atoms with Crippen LogP contribution in [-0.4, -0.2) is 0 Å². The lowest BCUT2D eigenvalue weighted by molar-refractivity contribution is 0.920. The van der Waals surface area contributed by atoms with Gasteiger partial charge >= 0.3 is 0 Å². The number of aryl methyl sites for hydroxylation is 1. The smallest absolute Gasteiger partial charge is 0.0655 e. The molecule has 0 radical (unpaired) electrons. The highest BCUT2D eigenvalue weighted by Crippen LogP contribution is 2.36. The Balaban J connectivity index is 2.27. The van der Waals surface area contributed by atoms with E-state index in [0.717, 1.165) is 10.9 Å². The van der Waals surface area contributed by atoms with Crippen molar-refractivity contribution in [1.82, 2.24) is 0 Å². The lowest BCUT2D eigenvalue weighted by atomic mass is 10.0. The minimum absolute atomic E-state index is 0.229. The topological polar surface area (TPSA) is 0 Å². The maximum atomic E-state index is 3.81. The third kappa shape index (κ3) is 4.05.